The number of rotatable bonds is 5. The van der Waals surface area contributed by atoms with Gasteiger partial charge in [-0.05, 0) is 23.6 Å². The number of hydrogen-bond donors (Lipinski definition) is 0. The van der Waals surface area contributed by atoms with Gasteiger partial charge in [-0.15, -0.1) is 21.5 Å². The van der Waals surface area contributed by atoms with E-state index in [0.29, 0.717) is 5.92 Å². The quantitative estimate of drug-likeness (QED) is 0.451. The number of pyridine rings is 1. The Morgan fingerprint density at radius 1 is 1.08 bits per heavy atom. The van der Waals surface area contributed by atoms with Gasteiger partial charge in [-0.3, -0.25) is 4.40 Å². The molecule has 0 bridgehead atoms. The van der Waals surface area contributed by atoms with E-state index in [0.717, 1.165) is 21.6 Å². The summed E-state index contributed by atoms with van der Waals surface area (Å²) in [7, 11) is 0. The second kappa shape index (κ2) is 6.98. The Labute approximate surface area is 155 Å². The average Bonchev–Trinajstić information content (AvgIpc) is 3.27. The maximum Gasteiger partial charge on any atom is 0.195 e. The van der Waals surface area contributed by atoms with Crippen molar-refractivity contribution in [3.05, 3.63) is 65.3 Å². The van der Waals surface area contributed by atoms with Crippen LogP contribution in [0.25, 0.3) is 16.2 Å². The molecule has 3 heterocycles. The first-order chi connectivity index (χ1) is 12.2. The van der Waals surface area contributed by atoms with Crippen molar-refractivity contribution in [2.75, 3.05) is 0 Å². The van der Waals surface area contributed by atoms with E-state index < -0.39 is 0 Å². The third kappa shape index (κ3) is 3.45. The fraction of sp³-hybridized carbons (Fsp3) is 0.211. The van der Waals surface area contributed by atoms with Crippen molar-refractivity contribution in [3.63, 3.8) is 0 Å². The van der Waals surface area contributed by atoms with Crippen LogP contribution in [-0.4, -0.2) is 19.6 Å². The van der Waals surface area contributed by atoms with E-state index in [2.05, 4.69) is 53.3 Å². The number of benzene rings is 1. The van der Waals surface area contributed by atoms with Gasteiger partial charge in [0.25, 0.3) is 0 Å². The number of thioether (sulfide) groups is 1. The summed E-state index contributed by atoms with van der Waals surface area (Å²) in [5, 5.41) is 10.4. The summed E-state index contributed by atoms with van der Waals surface area (Å²) in [5.41, 5.74) is 3.41. The first-order valence-corrected chi connectivity index (χ1v) is 9.98. The van der Waals surface area contributed by atoms with Gasteiger partial charge in [0.15, 0.2) is 10.8 Å². The first kappa shape index (κ1) is 16.3. The zero-order valence-corrected chi connectivity index (χ0v) is 15.7. The lowest BCUT2D eigenvalue weighted by Crippen LogP contribution is -1.86. The van der Waals surface area contributed by atoms with Crippen molar-refractivity contribution in [2.24, 2.45) is 0 Å². The summed E-state index contributed by atoms with van der Waals surface area (Å²) in [6, 6.07) is 14.6. The SMILES string of the molecule is CC(C)c1ccc(-c2ncc(CSc3nnc4ccccn34)s2)cc1. The Hall–Kier alpha value is -2.18. The van der Waals surface area contributed by atoms with Gasteiger partial charge >= 0.3 is 0 Å². The fourth-order valence-electron chi connectivity index (χ4n) is 2.57. The highest BCUT2D eigenvalue weighted by Crippen LogP contribution is 2.30. The Balaban J connectivity index is 1.48. The van der Waals surface area contributed by atoms with Crippen LogP contribution < -0.4 is 0 Å². The molecule has 0 atom stereocenters. The number of thiazole rings is 1. The molecule has 0 spiro atoms. The van der Waals surface area contributed by atoms with Crippen LogP contribution in [0, 0.1) is 0 Å². The number of aromatic nitrogens is 4. The highest BCUT2D eigenvalue weighted by molar-refractivity contribution is 7.98. The van der Waals surface area contributed by atoms with Crippen LogP contribution >= 0.6 is 23.1 Å². The monoisotopic (exact) mass is 366 g/mol. The zero-order valence-electron chi connectivity index (χ0n) is 14.1. The lowest BCUT2D eigenvalue weighted by atomic mass is 10.0. The van der Waals surface area contributed by atoms with Crippen molar-refractivity contribution in [1.29, 1.82) is 0 Å². The van der Waals surface area contributed by atoms with Crippen LogP contribution in [0.3, 0.4) is 0 Å². The minimum atomic E-state index is 0.551. The number of hydrogen-bond acceptors (Lipinski definition) is 5. The summed E-state index contributed by atoms with van der Waals surface area (Å²) in [5.74, 6) is 1.40. The Kier molecular flexibility index (Phi) is 4.55. The molecule has 0 aliphatic heterocycles. The number of nitrogens with zero attached hydrogens (tertiary/aromatic N) is 4. The minimum Gasteiger partial charge on any atom is -0.277 e. The zero-order chi connectivity index (χ0) is 17.2. The van der Waals surface area contributed by atoms with Gasteiger partial charge in [0.05, 0.1) is 0 Å². The van der Waals surface area contributed by atoms with Gasteiger partial charge in [0, 0.05) is 28.6 Å². The molecule has 6 heteroatoms. The Morgan fingerprint density at radius 3 is 2.72 bits per heavy atom. The van der Waals surface area contributed by atoms with Crippen LogP contribution in [0.2, 0.25) is 0 Å². The molecule has 126 valence electrons. The topological polar surface area (TPSA) is 43.1 Å². The summed E-state index contributed by atoms with van der Waals surface area (Å²) in [6.45, 7) is 4.42. The summed E-state index contributed by atoms with van der Waals surface area (Å²) in [4.78, 5) is 5.82. The molecule has 0 radical (unpaired) electrons. The molecule has 25 heavy (non-hydrogen) atoms. The molecule has 0 aliphatic carbocycles. The van der Waals surface area contributed by atoms with Crippen molar-refractivity contribution in [3.8, 4) is 10.6 Å². The molecule has 4 rings (SSSR count). The van der Waals surface area contributed by atoms with Gasteiger partial charge in [-0.25, -0.2) is 4.98 Å². The van der Waals surface area contributed by atoms with Crippen molar-refractivity contribution < 1.29 is 0 Å². The van der Waals surface area contributed by atoms with Crippen LogP contribution in [0.1, 0.15) is 30.2 Å². The van der Waals surface area contributed by atoms with E-state index >= 15 is 0 Å². The molecule has 1 aromatic carbocycles. The molecule has 0 unspecified atom stereocenters. The van der Waals surface area contributed by atoms with E-state index in [1.54, 1.807) is 23.1 Å². The van der Waals surface area contributed by atoms with Crippen LogP contribution in [0.5, 0.6) is 0 Å². The molecule has 0 N–H and O–H groups in total. The normalized spacial score (nSPS) is 11.5. The van der Waals surface area contributed by atoms with Gasteiger partial charge in [0.2, 0.25) is 0 Å². The van der Waals surface area contributed by atoms with Crippen LogP contribution in [0.4, 0.5) is 0 Å². The Morgan fingerprint density at radius 2 is 1.92 bits per heavy atom. The second-order valence-corrected chi connectivity index (χ2v) is 8.17. The standard InChI is InChI=1S/C19H18N4S2/c1-13(2)14-6-8-15(9-7-14)18-20-11-16(25-18)12-24-19-22-21-17-5-3-4-10-23(17)19/h3-11,13H,12H2,1-2H3. The largest absolute Gasteiger partial charge is 0.277 e. The van der Waals surface area contributed by atoms with Crippen molar-refractivity contribution >= 4 is 28.7 Å². The molecular weight excluding hydrogens is 348 g/mol. The predicted octanol–water partition coefficient (Wildman–Crippen LogP) is 5.27. The molecule has 0 aliphatic rings. The van der Waals surface area contributed by atoms with Gasteiger partial charge in [-0.1, -0.05) is 55.9 Å². The van der Waals surface area contributed by atoms with Crippen LogP contribution in [0.15, 0.2) is 60.0 Å². The maximum atomic E-state index is 4.59. The molecule has 3 aromatic heterocycles. The summed E-state index contributed by atoms with van der Waals surface area (Å²) in [6.07, 6.45) is 3.96. The molecule has 0 saturated carbocycles. The highest BCUT2D eigenvalue weighted by atomic mass is 32.2. The van der Waals surface area contributed by atoms with Crippen LogP contribution in [-0.2, 0) is 5.75 Å². The van der Waals surface area contributed by atoms with E-state index in [1.165, 1.54) is 16.0 Å². The minimum absolute atomic E-state index is 0.551. The van der Waals surface area contributed by atoms with Gasteiger partial charge in [-0.2, -0.15) is 0 Å². The smallest absolute Gasteiger partial charge is 0.195 e. The lowest BCUT2D eigenvalue weighted by Gasteiger charge is -2.05. The predicted molar refractivity (Wildman–Crippen MR) is 104 cm³/mol. The summed E-state index contributed by atoms with van der Waals surface area (Å²) < 4.78 is 2.01. The third-order valence-electron chi connectivity index (χ3n) is 4.00. The molecule has 4 aromatic rings. The van der Waals surface area contributed by atoms with E-state index in [4.69, 9.17) is 0 Å². The van der Waals surface area contributed by atoms with Gasteiger partial charge < -0.3 is 0 Å². The van der Waals surface area contributed by atoms with E-state index in [1.807, 2.05) is 35.0 Å². The molecule has 0 saturated heterocycles. The van der Waals surface area contributed by atoms with E-state index in [-0.39, 0.29) is 0 Å². The Bertz CT molecular complexity index is 986. The molecular formula is C19H18N4S2. The average molecular weight is 367 g/mol. The van der Waals surface area contributed by atoms with Gasteiger partial charge in [0.1, 0.15) is 5.01 Å². The highest BCUT2D eigenvalue weighted by Gasteiger charge is 2.09. The third-order valence-corrected chi connectivity index (χ3v) is 6.22. The number of fused-ring (bicyclic) bond motifs is 1. The molecule has 0 amide bonds. The first-order valence-electron chi connectivity index (χ1n) is 8.18. The van der Waals surface area contributed by atoms with Crippen molar-refractivity contribution in [2.45, 2.75) is 30.7 Å². The molecule has 0 fully saturated rings. The van der Waals surface area contributed by atoms with E-state index in [9.17, 15) is 0 Å². The van der Waals surface area contributed by atoms with Crippen molar-refractivity contribution in [1.82, 2.24) is 19.6 Å². The molecule has 4 nitrogen and oxygen atoms in total. The lowest BCUT2D eigenvalue weighted by molar-refractivity contribution is 0.867. The second-order valence-electron chi connectivity index (χ2n) is 6.11. The maximum absolute atomic E-state index is 4.59. The summed E-state index contributed by atoms with van der Waals surface area (Å²) >= 11 is 3.42. The fourth-order valence-corrected chi connectivity index (χ4v) is 4.44.